The number of halogens is 3. The number of benzene rings is 1. The van der Waals surface area contributed by atoms with Crippen molar-refractivity contribution in [1.29, 1.82) is 0 Å². The van der Waals surface area contributed by atoms with Gasteiger partial charge in [-0.3, -0.25) is 0 Å². The van der Waals surface area contributed by atoms with Crippen LogP contribution in [0.3, 0.4) is 0 Å². The molecular weight excluding hydrogens is 352 g/mol. The van der Waals surface area contributed by atoms with Crippen molar-refractivity contribution in [3.05, 3.63) is 29.3 Å². The Bertz CT molecular complexity index is 682. The summed E-state index contributed by atoms with van der Waals surface area (Å²) in [7, 11) is -4.86. The van der Waals surface area contributed by atoms with Gasteiger partial charge >= 0.3 is 127 Å². The van der Waals surface area contributed by atoms with Gasteiger partial charge in [0.1, 0.15) is 0 Å². The van der Waals surface area contributed by atoms with Crippen molar-refractivity contribution < 1.29 is 52.3 Å². The number of hydrogen-bond acceptors (Lipinski definition) is 5. The summed E-state index contributed by atoms with van der Waals surface area (Å²) in [4.78, 5) is 11.6. The number of hydrogen-bond donors (Lipinski definition) is 0. The fraction of sp³-hybridized carbons (Fsp3) is 0.273. The van der Waals surface area contributed by atoms with Crippen LogP contribution in [0.1, 0.15) is 22.8 Å². The average molecular weight is 361 g/mol. The number of methoxy groups -OCH3 is 1. The summed E-state index contributed by atoms with van der Waals surface area (Å²) >= 11 is 2.18. The first-order valence-corrected chi connectivity index (χ1v) is 7.36. The van der Waals surface area contributed by atoms with Gasteiger partial charge < -0.3 is 0 Å². The van der Waals surface area contributed by atoms with Crippen molar-refractivity contribution >= 4 is 20.3 Å². The van der Waals surface area contributed by atoms with Gasteiger partial charge in [0.15, 0.2) is 0 Å². The van der Waals surface area contributed by atoms with Crippen LogP contribution in [0.25, 0.3) is 0 Å². The van der Waals surface area contributed by atoms with Crippen LogP contribution in [0.15, 0.2) is 18.2 Å². The Labute approximate surface area is 127 Å². The van der Waals surface area contributed by atoms with E-state index in [4.69, 9.17) is 0 Å². The van der Waals surface area contributed by atoms with Crippen molar-refractivity contribution in [3.8, 4) is 5.75 Å². The van der Waals surface area contributed by atoms with Crippen molar-refractivity contribution in [1.82, 2.24) is 0 Å². The van der Waals surface area contributed by atoms with E-state index < -0.39 is 32.9 Å². The summed E-state index contributed by atoms with van der Waals surface area (Å²) in [5, 5.41) is 0. The molecule has 0 atom stereocenters. The number of alkyl halides is 3. The van der Waals surface area contributed by atoms with Crippen LogP contribution in [0, 0.1) is 0 Å². The first kappa shape index (κ1) is 17.7. The predicted molar refractivity (Wildman–Crippen MR) is 63.2 cm³/mol. The molecule has 0 saturated heterocycles. The molecule has 0 aliphatic carbocycles. The molecule has 0 aromatic heterocycles. The molecule has 0 aliphatic heterocycles. The van der Waals surface area contributed by atoms with Gasteiger partial charge in [0.25, 0.3) is 0 Å². The van der Waals surface area contributed by atoms with E-state index in [0.29, 0.717) is 9.79 Å². The first-order valence-electron chi connectivity index (χ1n) is 5.25. The fourth-order valence-electron chi connectivity index (χ4n) is 1.26. The molecule has 0 amide bonds. The SMILES string of the molecule is COC(=O)c1cc([C](C)=[V])ccc1OS(=O)(=O)C(F)(F)F. The van der Waals surface area contributed by atoms with Gasteiger partial charge in [-0.15, -0.1) is 0 Å². The van der Waals surface area contributed by atoms with E-state index in [-0.39, 0.29) is 0 Å². The average Bonchev–Trinajstić information content (AvgIpc) is 2.36. The molecule has 5 nitrogen and oxygen atoms in total. The van der Waals surface area contributed by atoms with Crippen LogP contribution < -0.4 is 4.18 Å². The molecule has 0 radical (unpaired) electrons. The van der Waals surface area contributed by atoms with Gasteiger partial charge in [0.2, 0.25) is 0 Å². The summed E-state index contributed by atoms with van der Waals surface area (Å²) in [5.74, 6) is -1.77. The van der Waals surface area contributed by atoms with Gasteiger partial charge in [0.05, 0.1) is 0 Å². The number of rotatable bonds is 4. The number of ether oxygens (including phenoxy) is 1. The van der Waals surface area contributed by atoms with Crippen molar-refractivity contribution in [2.24, 2.45) is 0 Å². The molecule has 10 heteroatoms. The second-order valence-electron chi connectivity index (χ2n) is 3.77. The molecule has 1 rings (SSSR count). The fourth-order valence-corrected chi connectivity index (χ4v) is 1.96. The predicted octanol–water partition coefficient (Wildman–Crippen LogP) is 1.79. The van der Waals surface area contributed by atoms with E-state index in [2.05, 4.69) is 25.9 Å². The molecule has 0 bridgehead atoms. The molecule has 0 unspecified atom stereocenters. The summed E-state index contributed by atoms with van der Waals surface area (Å²) < 4.78 is 68.0. The minimum absolute atomic E-state index is 0.423. The Morgan fingerprint density at radius 2 is 1.86 bits per heavy atom. The second kappa shape index (κ2) is 6.21. The Morgan fingerprint density at radius 1 is 1.29 bits per heavy atom. The van der Waals surface area contributed by atoms with E-state index in [0.717, 1.165) is 13.2 Å². The van der Waals surface area contributed by atoms with Crippen molar-refractivity contribution in [2.45, 2.75) is 12.4 Å². The molecule has 115 valence electrons. The van der Waals surface area contributed by atoms with E-state index in [1.54, 1.807) is 6.92 Å². The second-order valence-corrected chi connectivity index (χ2v) is 6.36. The molecule has 0 aliphatic rings. The molecule has 0 saturated carbocycles. The molecule has 0 fully saturated rings. The van der Waals surface area contributed by atoms with E-state index >= 15 is 0 Å². The first-order chi connectivity index (χ1) is 9.49. The Morgan fingerprint density at radius 3 is 2.29 bits per heavy atom. The van der Waals surface area contributed by atoms with Crippen LogP contribution in [0.5, 0.6) is 5.75 Å². The maximum atomic E-state index is 12.3. The van der Waals surface area contributed by atoms with Crippen LogP contribution in [-0.2, 0) is 31.8 Å². The molecule has 0 spiro atoms. The van der Waals surface area contributed by atoms with E-state index in [9.17, 15) is 26.4 Å². The normalized spacial score (nSPS) is 11.8. The van der Waals surface area contributed by atoms with Crippen molar-refractivity contribution in [3.63, 3.8) is 0 Å². The number of esters is 1. The van der Waals surface area contributed by atoms with Gasteiger partial charge in [-0.05, 0) is 0 Å². The molecule has 21 heavy (non-hydrogen) atoms. The van der Waals surface area contributed by atoms with E-state index in [1.807, 2.05) is 0 Å². The summed E-state index contributed by atoms with van der Waals surface area (Å²) in [5.41, 5.74) is -5.51. The molecule has 0 heterocycles. The number of carbonyl (C=O) groups is 1. The van der Waals surface area contributed by atoms with Crippen LogP contribution in [-0.4, -0.2) is 31.2 Å². The molecule has 1 aromatic carbocycles. The summed E-state index contributed by atoms with van der Waals surface area (Å²) in [6.45, 7) is 1.68. The Hall–Kier alpha value is -1.32. The summed E-state index contributed by atoms with van der Waals surface area (Å²) in [6.07, 6.45) is 0. The zero-order valence-corrected chi connectivity index (χ0v) is 13.0. The zero-order valence-electron chi connectivity index (χ0n) is 10.8. The monoisotopic (exact) mass is 361 g/mol. The third-order valence-corrected chi connectivity index (χ3v) is 3.65. The van der Waals surface area contributed by atoms with Gasteiger partial charge in [-0.2, -0.15) is 0 Å². The van der Waals surface area contributed by atoms with E-state index in [1.165, 1.54) is 12.1 Å². The maximum absolute atomic E-state index is 12.3. The van der Waals surface area contributed by atoms with Gasteiger partial charge in [-0.1, -0.05) is 0 Å². The van der Waals surface area contributed by atoms with Crippen molar-refractivity contribution in [2.75, 3.05) is 7.11 Å². The minimum atomic E-state index is -5.87. The standard InChI is InChI=1S/C11H9F3O5S.V/c1-3-7-4-5-9(8(6-7)10(15)18-2)19-20(16,17)11(12,13)14;/h4-6H,1-2H3;. The molecular formula is C11H9F3O5SV. The quantitative estimate of drug-likeness (QED) is 0.465. The molecule has 1 aromatic rings. The van der Waals surface area contributed by atoms with Crippen LogP contribution in [0.4, 0.5) is 13.2 Å². The Kier molecular flexibility index (Phi) is 5.24. The topological polar surface area (TPSA) is 69.7 Å². The number of carbonyl (C=O) groups excluding carboxylic acids is 1. The molecule has 0 N–H and O–H groups in total. The van der Waals surface area contributed by atoms with Gasteiger partial charge in [-0.25, -0.2) is 0 Å². The Balaban J connectivity index is 3.37. The summed E-state index contributed by atoms with van der Waals surface area (Å²) in [6, 6.07) is 3.46. The third kappa shape index (κ3) is 4.08. The van der Waals surface area contributed by atoms with Crippen LogP contribution >= 0.6 is 0 Å². The third-order valence-electron chi connectivity index (χ3n) is 2.29. The van der Waals surface area contributed by atoms with Gasteiger partial charge in [0, 0.05) is 0 Å². The van der Waals surface area contributed by atoms with Crippen LogP contribution in [0.2, 0.25) is 0 Å². The zero-order chi connectivity index (χ0) is 16.4.